The Kier molecular flexibility index (Phi) is 16.0. The second kappa shape index (κ2) is 20.0. The number of esters is 2. The number of carbonyl (C=O) groups is 2. The molecule has 0 spiro atoms. The van der Waals surface area contributed by atoms with Crippen LogP contribution in [0.15, 0.2) is 91.0 Å². The Morgan fingerprint density at radius 2 is 0.884 bits per heavy atom. The van der Waals surface area contributed by atoms with Crippen LogP contribution in [-0.2, 0) is 19.1 Å². The van der Waals surface area contributed by atoms with E-state index in [4.69, 9.17) is 9.47 Å². The largest absolute Gasteiger partial charge is 0.465 e. The van der Waals surface area contributed by atoms with E-state index in [1.54, 1.807) is 0 Å². The molecule has 232 valence electrons. The lowest BCUT2D eigenvalue weighted by Gasteiger charge is -2.32. The molecule has 0 aliphatic rings. The van der Waals surface area contributed by atoms with Gasteiger partial charge < -0.3 is 9.47 Å². The number of carbonyl (C=O) groups excluding carboxylic acids is 2. The summed E-state index contributed by atoms with van der Waals surface area (Å²) in [5.74, 6) is -0.762. The standard InChI is InChI=1S/C38H51O4P/c1-3-5-7-9-11-22-30-41-37(39)32-36(38(40)42-31-23-12-10-8-6-4-2)43(33-24-16-13-17-25-33,34-26-18-14-19-27-34)35-28-20-15-21-29-35/h13-21,24-29H,3-12,22-23,30-32H2,1-2H3. The molecule has 3 aromatic rings. The molecule has 0 radical (unpaired) electrons. The fourth-order valence-electron chi connectivity index (χ4n) is 5.58. The fourth-order valence-corrected chi connectivity index (χ4v) is 9.98. The molecular weight excluding hydrogens is 551 g/mol. The molecule has 5 heteroatoms. The molecule has 0 saturated carbocycles. The maximum absolute atomic E-state index is 14.2. The van der Waals surface area contributed by atoms with Gasteiger partial charge in [-0.3, -0.25) is 4.79 Å². The van der Waals surface area contributed by atoms with Gasteiger partial charge in [0.2, 0.25) is 0 Å². The summed E-state index contributed by atoms with van der Waals surface area (Å²) < 4.78 is 11.8. The van der Waals surface area contributed by atoms with Crippen LogP contribution in [0.4, 0.5) is 0 Å². The zero-order valence-corrected chi connectivity index (χ0v) is 27.2. The van der Waals surface area contributed by atoms with Crippen molar-refractivity contribution >= 4 is 40.0 Å². The van der Waals surface area contributed by atoms with Crippen LogP contribution in [0, 0.1) is 0 Å². The normalized spacial score (nSPS) is 11.2. The number of hydrogen-bond donors (Lipinski definition) is 0. The molecule has 3 rings (SSSR count). The molecule has 0 amide bonds. The summed E-state index contributed by atoms with van der Waals surface area (Å²) in [7, 11) is 0. The molecule has 0 N–H and O–H groups in total. The number of unbranched alkanes of at least 4 members (excludes halogenated alkanes) is 10. The Hall–Kier alpha value is -3.10. The van der Waals surface area contributed by atoms with Crippen molar-refractivity contribution in [2.45, 2.75) is 97.3 Å². The zero-order valence-electron chi connectivity index (χ0n) is 26.3. The SMILES string of the molecule is CCCCCCCCOC(=O)CC(C(=O)OCCCCCCCC)=P(c1ccccc1)(c1ccccc1)c1ccccc1. The van der Waals surface area contributed by atoms with Crippen molar-refractivity contribution in [3.05, 3.63) is 91.0 Å². The van der Waals surface area contributed by atoms with Crippen molar-refractivity contribution in [2.75, 3.05) is 13.2 Å². The molecule has 0 aliphatic carbocycles. The van der Waals surface area contributed by atoms with E-state index in [2.05, 4.69) is 50.2 Å². The molecule has 0 heterocycles. The summed E-state index contributed by atoms with van der Waals surface area (Å²) in [5, 5.41) is 3.54. The molecule has 0 aromatic heterocycles. The van der Waals surface area contributed by atoms with Gasteiger partial charge in [-0.05, 0) is 35.6 Å². The van der Waals surface area contributed by atoms with Crippen molar-refractivity contribution in [3.8, 4) is 0 Å². The van der Waals surface area contributed by atoms with Gasteiger partial charge in [-0.1, -0.05) is 169 Å². The molecular formula is C38H51O4P. The second-order valence-corrected chi connectivity index (χ2v) is 14.6. The molecule has 0 fully saturated rings. The first-order chi connectivity index (χ1) is 21.1. The highest BCUT2D eigenvalue weighted by Crippen LogP contribution is 2.47. The lowest BCUT2D eigenvalue weighted by molar-refractivity contribution is -0.143. The summed E-state index contributed by atoms with van der Waals surface area (Å²) in [6, 6.07) is 30.5. The van der Waals surface area contributed by atoms with E-state index in [0.29, 0.717) is 18.5 Å². The first-order valence-electron chi connectivity index (χ1n) is 16.4. The molecule has 0 aliphatic heterocycles. The fraction of sp³-hybridized carbons (Fsp3) is 0.447. The predicted molar refractivity (Wildman–Crippen MR) is 183 cm³/mol. The highest BCUT2D eigenvalue weighted by molar-refractivity contribution is 7.96. The highest BCUT2D eigenvalue weighted by atomic mass is 31.2. The van der Waals surface area contributed by atoms with E-state index in [-0.39, 0.29) is 12.4 Å². The van der Waals surface area contributed by atoms with Crippen molar-refractivity contribution in [3.63, 3.8) is 0 Å². The van der Waals surface area contributed by atoms with E-state index < -0.39 is 12.9 Å². The van der Waals surface area contributed by atoms with Crippen LogP contribution in [0.25, 0.3) is 0 Å². The summed E-state index contributed by atoms with van der Waals surface area (Å²) in [6.07, 6.45) is 13.2. The number of benzene rings is 3. The number of rotatable bonds is 20. The van der Waals surface area contributed by atoms with Crippen LogP contribution in [0.3, 0.4) is 0 Å². The third-order valence-electron chi connectivity index (χ3n) is 7.87. The average Bonchev–Trinajstić information content (AvgIpc) is 3.05. The van der Waals surface area contributed by atoms with Crippen LogP contribution in [0.1, 0.15) is 97.3 Å². The Labute approximate surface area is 260 Å². The second-order valence-electron chi connectivity index (χ2n) is 11.2. The van der Waals surface area contributed by atoms with Crippen molar-refractivity contribution in [1.29, 1.82) is 0 Å². The molecule has 0 saturated heterocycles. The minimum Gasteiger partial charge on any atom is -0.465 e. The van der Waals surface area contributed by atoms with Gasteiger partial charge in [0.15, 0.2) is 0 Å². The van der Waals surface area contributed by atoms with Gasteiger partial charge in [-0.15, -0.1) is 0 Å². The summed E-state index contributed by atoms with van der Waals surface area (Å²) in [5.41, 5.74) is 0. The van der Waals surface area contributed by atoms with Crippen LogP contribution < -0.4 is 15.9 Å². The van der Waals surface area contributed by atoms with E-state index in [1.807, 2.05) is 54.6 Å². The summed E-state index contributed by atoms with van der Waals surface area (Å²) in [4.78, 5) is 27.7. The van der Waals surface area contributed by atoms with Gasteiger partial charge in [0.05, 0.1) is 24.9 Å². The molecule has 3 aromatic carbocycles. The van der Waals surface area contributed by atoms with Gasteiger partial charge in [0.1, 0.15) is 0 Å². The van der Waals surface area contributed by atoms with Crippen molar-refractivity contribution in [2.24, 2.45) is 0 Å². The van der Waals surface area contributed by atoms with Gasteiger partial charge in [-0.2, -0.15) is 0 Å². The lowest BCUT2D eigenvalue weighted by atomic mass is 10.1. The lowest BCUT2D eigenvalue weighted by Crippen LogP contribution is -2.35. The molecule has 4 nitrogen and oxygen atoms in total. The first kappa shape index (κ1) is 34.4. The Balaban J connectivity index is 2.03. The Morgan fingerprint density at radius 1 is 0.512 bits per heavy atom. The number of ether oxygens (including phenoxy) is 2. The highest BCUT2D eigenvalue weighted by Gasteiger charge is 2.35. The minimum atomic E-state index is -2.76. The molecule has 0 unspecified atom stereocenters. The predicted octanol–water partition coefficient (Wildman–Crippen LogP) is 8.35. The smallest absolute Gasteiger partial charge is 0.335 e. The Morgan fingerprint density at radius 3 is 1.30 bits per heavy atom. The third kappa shape index (κ3) is 10.5. The monoisotopic (exact) mass is 602 g/mol. The molecule has 0 bridgehead atoms. The van der Waals surface area contributed by atoms with Crippen molar-refractivity contribution in [1.82, 2.24) is 0 Å². The third-order valence-corrected chi connectivity index (χ3v) is 12.2. The van der Waals surface area contributed by atoms with Gasteiger partial charge in [0, 0.05) is 0 Å². The Bertz CT molecular complexity index is 1150. The van der Waals surface area contributed by atoms with E-state index >= 15 is 0 Å². The summed E-state index contributed by atoms with van der Waals surface area (Å²) in [6.45, 7) is 2.37. The van der Waals surface area contributed by atoms with E-state index in [1.165, 1.54) is 38.5 Å². The van der Waals surface area contributed by atoms with Gasteiger partial charge in [-0.25, -0.2) is 4.79 Å². The maximum atomic E-state index is 14.2. The quantitative estimate of drug-likeness (QED) is 0.0741. The first-order valence-corrected chi connectivity index (χ1v) is 18.2. The average molecular weight is 603 g/mol. The van der Waals surface area contributed by atoms with Crippen LogP contribution in [0.5, 0.6) is 0 Å². The van der Waals surface area contributed by atoms with Crippen LogP contribution >= 0.6 is 6.89 Å². The topological polar surface area (TPSA) is 52.6 Å². The van der Waals surface area contributed by atoms with E-state index in [0.717, 1.165) is 54.4 Å². The van der Waals surface area contributed by atoms with Crippen LogP contribution in [-0.4, -0.2) is 30.4 Å². The van der Waals surface area contributed by atoms with Gasteiger partial charge >= 0.3 is 11.9 Å². The molecule has 0 atom stereocenters. The molecule has 43 heavy (non-hydrogen) atoms. The minimum absolute atomic E-state index is 0.0996. The van der Waals surface area contributed by atoms with E-state index in [9.17, 15) is 9.59 Å². The zero-order chi connectivity index (χ0) is 30.6. The summed E-state index contributed by atoms with van der Waals surface area (Å²) >= 11 is 0. The number of hydrogen-bond acceptors (Lipinski definition) is 4. The van der Waals surface area contributed by atoms with Crippen LogP contribution in [0.2, 0.25) is 0 Å². The maximum Gasteiger partial charge on any atom is 0.335 e. The van der Waals surface area contributed by atoms with Crippen molar-refractivity contribution < 1.29 is 19.1 Å². The van der Waals surface area contributed by atoms with Gasteiger partial charge in [0.25, 0.3) is 0 Å².